The molecule has 0 aliphatic carbocycles. The summed E-state index contributed by atoms with van der Waals surface area (Å²) in [6.07, 6.45) is -1.44. The number of alkyl halides is 2. The predicted molar refractivity (Wildman–Crippen MR) is 81.6 cm³/mol. The Morgan fingerprint density at radius 1 is 1.26 bits per heavy atom. The lowest BCUT2D eigenvalue weighted by molar-refractivity contribution is -0.385. The second kappa shape index (κ2) is 7.63. The maximum absolute atomic E-state index is 12.4. The van der Waals surface area contributed by atoms with Crippen LogP contribution in [-0.4, -0.2) is 21.6 Å². The molecule has 120 valence electrons. The van der Waals surface area contributed by atoms with E-state index in [0.29, 0.717) is 10.7 Å². The van der Waals surface area contributed by atoms with Gasteiger partial charge in [0.15, 0.2) is 0 Å². The number of nitrogens with one attached hydrogen (secondary N) is 1. The molecular formula is C14H11F2N3O3S. The van der Waals surface area contributed by atoms with E-state index in [2.05, 4.69) is 10.3 Å². The minimum absolute atomic E-state index is 0.0431. The van der Waals surface area contributed by atoms with Crippen LogP contribution in [0.5, 0.6) is 0 Å². The zero-order valence-corrected chi connectivity index (χ0v) is 12.4. The number of nitro groups is 1. The van der Waals surface area contributed by atoms with Crippen LogP contribution in [0.25, 0.3) is 0 Å². The number of benzene rings is 1. The van der Waals surface area contributed by atoms with E-state index >= 15 is 0 Å². The van der Waals surface area contributed by atoms with Gasteiger partial charge >= 0.3 is 0 Å². The summed E-state index contributed by atoms with van der Waals surface area (Å²) < 4.78 is 24.8. The van der Waals surface area contributed by atoms with E-state index in [1.54, 1.807) is 0 Å². The number of halogens is 2. The smallest absolute Gasteiger partial charge is 0.287 e. The molecular weight excluding hydrogens is 328 g/mol. The Morgan fingerprint density at radius 3 is 2.48 bits per heavy atom. The topological polar surface area (TPSA) is 85.1 Å². The molecule has 0 aliphatic rings. The fraction of sp³-hybridized carbons (Fsp3) is 0.143. The third-order valence-electron chi connectivity index (χ3n) is 2.73. The Bertz CT molecular complexity index is 693. The summed E-state index contributed by atoms with van der Waals surface area (Å²) >= 11 is 1.11. The zero-order chi connectivity index (χ0) is 16.8. The number of hydrogen-bond donors (Lipinski definition) is 1. The lowest BCUT2D eigenvalue weighted by Gasteiger charge is -2.06. The largest absolute Gasteiger partial charge is 0.325 e. The number of carbonyl (C=O) groups is 1. The normalized spacial score (nSPS) is 10.6. The van der Waals surface area contributed by atoms with Gasteiger partial charge in [0, 0.05) is 17.3 Å². The molecule has 1 amide bonds. The number of rotatable bonds is 6. The van der Waals surface area contributed by atoms with Crippen molar-refractivity contribution in [3.05, 3.63) is 58.3 Å². The summed E-state index contributed by atoms with van der Waals surface area (Å²) in [6.45, 7) is 0. The van der Waals surface area contributed by atoms with Crippen LogP contribution in [0.4, 0.5) is 20.2 Å². The van der Waals surface area contributed by atoms with Gasteiger partial charge in [-0.25, -0.2) is 13.8 Å². The fourth-order valence-corrected chi connectivity index (χ4v) is 2.26. The van der Waals surface area contributed by atoms with Crippen molar-refractivity contribution >= 4 is 29.0 Å². The van der Waals surface area contributed by atoms with Gasteiger partial charge in [0.1, 0.15) is 6.20 Å². The number of aromatic nitrogens is 1. The van der Waals surface area contributed by atoms with Crippen molar-refractivity contribution in [3.8, 4) is 0 Å². The first-order valence-electron chi connectivity index (χ1n) is 6.37. The van der Waals surface area contributed by atoms with Crippen LogP contribution in [0.1, 0.15) is 12.0 Å². The molecule has 0 radical (unpaired) electrons. The van der Waals surface area contributed by atoms with E-state index in [4.69, 9.17) is 0 Å². The highest BCUT2D eigenvalue weighted by Gasteiger charge is 2.09. The number of thioether (sulfide) groups is 1. The van der Waals surface area contributed by atoms with Crippen LogP contribution in [0.15, 0.2) is 47.6 Å². The van der Waals surface area contributed by atoms with Gasteiger partial charge in [-0.05, 0) is 18.2 Å². The van der Waals surface area contributed by atoms with Gasteiger partial charge < -0.3 is 5.32 Å². The Balaban J connectivity index is 1.86. The summed E-state index contributed by atoms with van der Waals surface area (Å²) in [4.78, 5) is 25.6. The predicted octanol–water partition coefficient (Wildman–Crippen LogP) is 3.66. The third kappa shape index (κ3) is 4.99. The van der Waals surface area contributed by atoms with E-state index in [1.165, 1.54) is 36.4 Å². The number of anilines is 1. The van der Waals surface area contributed by atoms with Crippen molar-refractivity contribution in [2.45, 2.75) is 11.5 Å². The quantitative estimate of drug-likeness (QED) is 0.493. The van der Waals surface area contributed by atoms with E-state index in [0.717, 1.165) is 18.0 Å². The second-order valence-corrected chi connectivity index (χ2v) is 5.37. The van der Waals surface area contributed by atoms with Crippen LogP contribution in [0.3, 0.4) is 0 Å². The van der Waals surface area contributed by atoms with Crippen molar-refractivity contribution < 1.29 is 18.5 Å². The minimum atomic E-state index is -2.55. The van der Waals surface area contributed by atoms with Crippen LogP contribution in [-0.2, 0) is 4.79 Å². The molecule has 23 heavy (non-hydrogen) atoms. The van der Waals surface area contributed by atoms with E-state index in [1.807, 2.05) is 0 Å². The van der Waals surface area contributed by atoms with Crippen molar-refractivity contribution in [3.63, 3.8) is 0 Å². The molecule has 0 fully saturated rings. The lowest BCUT2D eigenvalue weighted by Crippen LogP contribution is -2.14. The van der Waals surface area contributed by atoms with Crippen LogP contribution < -0.4 is 5.32 Å². The van der Waals surface area contributed by atoms with Crippen molar-refractivity contribution in [2.75, 3.05) is 11.1 Å². The van der Waals surface area contributed by atoms with Crippen LogP contribution >= 0.6 is 11.8 Å². The van der Waals surface area contributed by atoms with Crippen molar-refractivity contribution in [1.82, 2.24) is 4.98 Å². The first-order chi connectivity index (χ1) is 11.0. The SMILES string of the molecule is O=C(CSc1ccc([N+](=O)[O-])cn1)Nc1ccc(C(F)F)cc1. The fourth-order valence-electron chi connectivity index (χ4n) is 1.61. The zero-order valence-electron chi connectivity index (χ0n) is 11.6. The molecule has 0 unspecified atom stereocenters. The molecule has 0 spiro atoms. The molecule has 2 rings (SSSR count). The average Bonchev–Trinajstić information content (AvgIpc) is 2.54. The highest BCUT2D eigenvalue weighted by atomic mass is 32.2. The average molecular weight is 339 g/mol. The van der Waals surface area contributed by atoms with E-state index in [9.17, 15) is 23.7 Å². The molecule has 0 atom stereocenters. The maximum Gasteiger partial charge on any atom is 0.287 e. The Labute approximate surface area is 134 Å². The van der Waals surface area contributed by atoms with E-state index in [-0.39, 0.29) is 22.9 Å². The number of amides is 1. The molecule has 1 N–H and O–H groups in total. The van der Waals surface area contributed by atoms with Crippen molar-refractivity contribution in [1.29, 1.82) is 0 Å². The van der Waals surface area contributed by atoms with Gasteiger partial charge in [-0.3, -0.25) is 14.9 Å². The molecule has 0 bridgehead atoms. The summed E-state index contributed by atoms with van der Waals surface area (Å²) in [5, 5.41) is 13.5. The molecule has 1 heterocycles. The molecule has 1 aromatic heterocycles. The first kappa shape index (κ1) is 16.8. The molecule has 9 heteroatoms. The molecule has 0 aliphatic heterocycles. The van der Waals surface area contributed by atoms with Gasteiger partial charge in [-0.2, -0.15) is 0 Å². The highest BCUT2D eigenvalue weighted by Crippen LogP contribution is 2.21. The Kier molecular flexibility index (Phi) is 5.58. The number of nitrogens with zero attached hydrogens (tertiary/aromatic N) is 2. The van der Waals surface area contributed by atoms with Gasteiger partial charge in [-0.1, -0.05) is 23.9 Å². The molecule has 6 nitrogen and oxygen atoms in total. The first-order valence-corrected chi connectivity index (χ1v) is 7.35. The Morgan fingerprint density at radius 2 is 1.96 bits per heavy atom. The summed E-state index contributed by atoms with van der Waals surface area (Å²) in [5.41, 5.74) is 0.169. The number of pyridine rings is 1. The third-order valence-corrected chi connectivity index (χ3v) is 3.67. The highest BCUT2D eigenvalue weighted by molar-refractivity contribution is 7.99. The monoisotopic (exact) mass is 339 g/mol. The summed E-state index contributed by atoms with van der Waals surface area (Å²) in [6, 6.07) is 8.03. The van der Waals surface area contributed by atoms with E-state index < -0.39 is 11.3 Å². The molecule has 2 aromatic rings. The lowest BCUT2D eigenvalue weighted by atomic mass is 10.2. The number of hydrogen-bond acceptors (Lipinski definition) is 5. The Hall–Kier alpha value is -2.55. The summed E-state index contributed by atoms with van der Waals surface area (Å²) in [7, 11) is 0. The molecule has 1 aromatic carbocycles. The standard InChI is InChI=1S/C14H11F2N3O3S/c15-14(16)9-1-3-10(4-2-9)18-12(20)8-23-13-6-5-11(7-17-13)19(21)22/h1-7,14H,8H2,(H,18,20). The van der Waals surface area contributed by atoms with Gasteiger partial charge in [0.05, 0.1) is 15.7 Å². The number of carbonyl (C=O) groups excluding carboxylic acids is 1. The molecule has 0 saturated heterocycles. The van der Waals surface area contributed by atoms with Crippen LogP contribution in [0, 0.1) is 10.1 Å². The summed E-state index contributed by atoms with van der Waals surface area (Å²) in [5.74, 6) is -0.290. The minimum Gasteiger partial charge on any atom is -0.325 e. The van der Waals surface area contributed by atoms with Crippen molar-refractivity contribution in [2.24, 2.45) is 0 Å². The van der Waals surface area contributed by atoms with Crippen LogP contribution in [0.2, 0.25) is 0 Å². The maximum atomic E-state index is 12.4. The van der Waals surface area contributed by atoms with Gasteiger partial charge in [0.25, 0.3) is 12.1 Å². The second-order valence-electron chi connectivity index (χ2n) is 4.37. The van der Waals surface area contributed by atoms with Gasteiger partial charge in [0.2, 0.25) is 5.91 Å². The molecule has 0 saturated carbocycles. The van der Waals surface area contributed by atoms with Gasteiger partial charge in [-0.15, -0.1) is 0 Å².